The summed E-state index contributed by atoms with van der Waals surface area (Å²) >= 11 is 0. The molecule has 0 aliphatic heterocycles. The van der Waals surface area contributed by atoms with Crippen molar-refractivity contribution in [2.24, 2.45) is 12.8 Å². The Morgan fingerprint density at radius 2 is 2.05 bits per heavy atom. The van der Waals surface area contributed by atoms with Gasteiger partial charge in [0.25, 0.3) is 5.91 Å². The minimum Gasteiger partial charge on any atom is -0.330 e. The fraction of sp³-hybridized carbons (Fsp3) is 0.333. The SMILES string of the molecule is Cc1c(C(=O)N(CCCN)c2ccc(F)cc2)cnn1C. The Morgan fingerprint density at radius 1 is 1.38 bits per heavy atom. The van der Waals surface area contributed by atoms with Gasteiger partial charge < -0.3 is 10.6 Å². The molecule has 0 saturated heterocycles. The zero-order valence-electron chi connectivity index (χ0n) is 12.2. The molecule has 0 bridgehead atoms. The number of nitrogens with two attached hydrogens (primary N) is 1. The molecule has 1 heterocycles. The van der Waals surface area contributed by atoms with Crippen LogP contribution in [0, 0.1) is 12.7 Å². The number of hydrogen-bond donors (Lipinski definition) is 1. The smallest absolute Gasteiger partial charge is 0.261 e. The Hall–Kier alpha value is -2.21. The van der Waals surface area contributed by atoms with Crippen molar-refractivity contribution in [2.75, 3.05) is 18.0 Å². The molecule has 1 amide bonds. The summed E-state index contributed by atoms with van der Waals surface area (Å²) in [5.74, 6) is -0.483. The summed E-state index contributed by atoms with van der Waals surface area (Å²) in [6, 6.07) is 5.87. The molecular weight excluding hydrogens is 271 g/mol. The average Bonchev–Trinajstić information content (AvgIpc) is 2.81. The quantitative estimate of drug-likeness (QED) is 0.914. The molecule has 0 atom stereocenters. The molecule has 0 radical (unpaired) electrons. The lowest BCUT2D eigenvalue weighted by atomic mass is 10.2. The van der Waals surface area contributed by atoms with E-state index in [4.69, 9.17) is 5.73 Å². The molecule has 0 unspecified atom stereocenters. The Morgan fingerprint density at radius 3 is 2.57 bits per heavy atom. The van der Waals surface area contributed by atoms with Crippen molar-refractivity contribution in [1.29, 1.82) is 0 Å². The van der Waals surface area contributed by atoms with Crippen molar-refractivity contribution in [3.05, 3.63) is 47.5 Å². The van der Waals surface area contributed by atoms with Crippen LogP contribution in [0.25, 0.3) is 0 Å². The number of aromatic nitrogens is 2. The molecule has 2 aromatic rings. The molecule has 0 spiro atoms. The van der Waals surface area contributed by atoms with Crippen LogP contribution in [-0.4, -0.2) is 28.8 Å². The minimum absolute atomic E-state index is 0.152. The van der Waals surface area contributed by atoms with Gasteiger partial charge in [0.2, 0.25) is 0 Å². The Kier molecular flexibility index (Phi) is 4.70. The highest BCUT2D eigenvalue weighted by Crippen LogP contribution is 2.19. The van der Waals surface area contributed by atoms with Gasteiger partial charge >= 0.3 is 0 Å². The molecular formula is C15H19FN4O. The number of amides is 1. The van der Waals surface area contributed by atoms with Crippen LogP contribution in [0.1, 0.15) is 22.5 Å². The van der Waals surface area contributed by atoms with Gasteiger partial charge in [0.1, 0.15) is 5.82 Å². The largest absolute Gasteiger partial charge is 0.330 e. The first-order valence-corrected chi connectivity index (χ1v) is 6.80. The molecule has 2 N–H and O–H groups in total. The number of nitrogens with zero attached hydrogens (tertiary/aromatic N) is 3. The van der Waals surface area contributed by atoms with Crippen molar-refractivity contribution in [2.45, 2.75) is 13.3 Å². The monoisotopic (exact) mass is 290 g/mol. The second-order valence-electron chi connectivity index (χ2n) is 4.84. The van der Waals surface area contributed by atoms with E-state index in [0.29, 0.717) is 30.8 Å². The Bertz CT molecular complexity index is 621. The van der Waals surface area contributed by atoms with E-state index in [1.807, 2.05) is 6.92 Å². The standard InChI is InChI=1S/C15H19FN4O/c1-11-14(10-18-19(11)2)15(21)20(9-3-8-17)13-6-4-12(16)5-7-13/h4-7,10H,3,8-9,17H2,1-2H3. The molecule has 1 aromatic carbocycles. The van der Waals surface area contributed by atoms with Crippen LogP contribution in [0.5, 0.6) is 0 Å². The van der Waals surface area contributed by atoms with Crippen molar-refractivity contribution in [3.8, 4) is 0 Å². The van der Waals surface area contributed by atoms with Crippen LogP contribution >= 0.6 is 0 Å². The normalized spacial score (nSPS) is 10.7. The fourth-order valence-corrected chi connectivity index (χ4v) is 2.07. The topological polar surface area (TPSA) is 64.2 Å². The van der Waals surface area contributed by atoms with E-state index in [1.165, 1.54) is 12.1 Å². The number of halogens is 1. The molecule has 5 nitrogen and oxygen atoms in total. The van der Waals surface area contributed by atoms with Crippen molar-refractivity contribution in [3.63, 3.8) is 0 Å². The summed E-state index contributed by atoms with van der Waals surface area (Å²) in [5, 5.41) is 4.09. The molecule has 1 aromatic heterocycles. The third-order valence-electron chi connectivity index (χ3n) is 3.43. The van der Waals surface area contributed by atoms with Crippen molar-refractivity contribution >= 4 is 11.6 Å². The number of hydrogen-bond acceptors (Lipinski definition) is 3. The van der Waals surface area contributed by atoms with E-state index in [0.717, 1.165) is 5.69 Å². The fourth-order valence-electron chi connectivity index (χ4n) is 2.07. The lowest BCUT2D eigenvalue weighted by Crippen LogP contribution is -2.33. The summed E-state index contributed by atoms with van der Waals surface area (Å²) in [6.45, 7) is 2.80. The van der Waals surface area contributed by atoms with Crippen LogP contribution in [0.3, 0.4) is 0 Å². The lowest BCUT2D eigenvalue weighted by molar-refractivity contribution is 0.0986. The molecule has 0 saturated carbocycles. The predicted molar refractivity (Wildman–Crippen MR) is 79.7 cm³/mol. The maximum Gasteiger partial charge on any atom is 0.261 e. The van der Waals surface area contributed by atoms with Gasteiger partial charge in [-0.25, -0.2) is 4.39 Å². The van der Waals surface area contributed by atoms with Gasteiger partial charge in [0.15, 0.2) is 0 Å². The maximum atomic E-state index is 13.1. The van der Waals surface area contributed by atoms with Crippen molar-refractivity contribution in [1.82, 2.24) is 9.78 Å². The molecule has 112 valence electrons. The van der Waals surface area contributed by atoms with Gasteiger partial charge in [0.05, 0.1) is 11.8 Å². The zero-order valence-corrected chi connectivity index (χ0v) is 12.2. The lowest BCUT2D eigenvalue weighted by Gasteiger charge is -2.22. The van der Waals surface area contributed by atoms with Gasteiger partial charge in [-0.15, -0.1) is 0 Å². The molecule has 0 aliphatic rings. The summed E-state index contributed by atoms with van der Waals surface area (Å²) < 4.78 is 14.7. The van der Waals surface area contributed by atoms with Crippen LogP contribution in [0.15, 0.2) is 30.5 Å². The summed E-state index contributed by atoms with van der Waals surface area (Å²) in [6.07, 6.45) is 2.22. The third-order valence-corrected chi connectivity index (χ3v) is 3.43. The number of aryl methyl sites for hydroxylation is 1. The summed E-state index contributed by atoms with van der Waals surface area (Å²) in [7, 11) is 1.79. The van der Waals surface area contributed by atoms with E-state index < -0.39 is 0 Å². The molecule has 0 fully saturated rings. The third kappa shape index (κ3) is 3.28. The van der Waals surface area contributed by atoms with Crippen molar-refractivity contribution < 1.29 is 9.18 Å². The average molecular weight is 290 g/mol. The minimum atomic E-state index is -0.331. The Labute approximate surface area is 123 Å². The van der Waals surface area contributed by atoms with Crippen LogP contribution in [0.2, 0.25) is 0 Å². The molecule has 21 heavy (non-hydrogen) atoms. The van der Waals surface area contributed by atoms with E-state index >= 15 is 0 Å². The number of benzene rings is 1. The second-order valence-corrected chi connectivity index (χ2v) is 4.84. The summed E-state index contributed by atoms with van der Waals surface area (Å²) in [5.41, 5.74) is 7.52. The van der Waals surface area contributed by atoms with E-state index in [2.05, 4.69) is 5.10 Å². The van der Waals surface area contributed by atoms with E-state index in [9.17, 15) is 9.18 Å². The highest BCUT2D eigenvalue weighted by atomic mass is 19.1. The van der Waals surface area contributed by atoms with Crippen LogP contribution in [0.4, 0.5) is 10.1 Å². The number of carbonyl (C=O) groups is 1. The highest BCUT2D eigenvalue weighted by molar-refractivity contribution is 6.06. The van der Waals surface area contributed by atoms with E-state index in [-0.39, 0.29) is 11.7 Å². The maximum absolute atomic E-state index is 13.1. The number of carbonyl (C=O) groups excluding carboxylic acids is 1. The first-order chi connectivity index (χ1) is 10.0. The first-order valence-electron chi connectivity index (χ1n) is 6.80. The van der Waals surface area contributed by atoms with Gasteiger partial charge in [-0.3, -0.25) is 9.48 Å². The highest BCUT2D eigenvalue weighted by Gasteiger charge is 2.21. The second kappa shape index (κ2) is 6.49. The van der Waals surface area contributed by atoms with E-state index in [1.54, 1.807) is 35.0 Å². The summed E-state index contributed by atoms with van der Waals surface area (Å²) in [4.78, 5) is 14.3. The first kappa shape index (κ1) is 15.2. The number of rotatable bonds is 5. The zero-order chi connectivity index (χ0) is 15.4. The van der Waals surface area contributed by atoms with Gasteiger partial charge in [-0.05, 0) is 44.2 Å². The predicted octanol–water partition coefficient (Wildman–Crippen LogP) is 1.86. The molecule has 0 aliphatic carbocycles. The van der Waals surface area contributed by atoms with Crippen LogP contribution < -0.4 is 10.6 Å². The number of anilines is 1. The van der Waals surface area contributed by atoms with Gasteiger partial charge in [0, 0.05) is 25.0 Å². The molecule has 6 heteroatoms. The van der Waals surface area contributed by atoms with Gasteiger partial charge in [-0.1, -0.05) is 0 Å². The van der Waals surface area contributed by atoms with Crippen LogP contribution in [-0.2, 0) is 7.05 Å². The van der Waals surface area contributed by atoms with Gasteiger partial charge in [-0.2, -0.15) is 5.10 Å². The Balaban J connectivity index is 2.33. The molecule has 2 rings (SSSR count).